The largest absolute Gasteiger partial charge is 0.467 e. The van der Waals surface area contributed by atoms with Crippen LogP contribution in [0.4, 0.5) is 0 Å². The first-order valence-corrected chi connectivity index (χ1v) is 8.82. The van der Waals surface area contributed by atoms with Crippen molar-refractivity contribution in [3.63, 3.8) is 0 Å². The zero-order chi connectivity index (χ0) is 18.6. The van der Waals surface area contributed by atoms with Crippen LogP contribution in [-0.2, 0) is 16.1 Å². The van der Waals surface area contributed by atoms with E-state index in [0.717, 1.165) is 24.2 Å². The van der Waals surface area contributed by atoms with E-state index in [2.05, 4.69) is 10.4 Å². The van der Waals surface area contributed by atoms with Crippen molar-refractivity contribution in [1.29, 1.82) is 0 Å². The van der Waals surface area contributed by atoms with E-state index in [-0.39, 0.29) is 13.2 Å². The van der Waals surface area contributed by atoms with Crippen LogP contribution in [0.1, 0.15) is 40.7 Å². The molecule has 1 aliphatic carbocycles. The lowest BCUT2D eigenvalue weighted by Crippen LogP contribution is -2.28. The molecule has 2 heterocycles. The lowest BCUT2D eigenvalue weighted by Gasteiger charge is -2.08. The van der Waals surface area contributed by atoms with E-state index in [9.17, 15) is 9.59 Å². The Morgan fingerprint density at radius 1 is 1.19 bits per heavy atom. The third kappa shape index (κ3) is 4.08. The van der Waals surface area contributed by atoms with Gasteiger partial charge in [-0.15, -0.1) is 0 Å². The summed E-state index contributed by atoms with van der Waals surface area (Å²) in [6.07, 6.45) is 3.69. The number of aromatic nitrogens is 2. The summed E-state index contributed by atoms with van der Waals surface area (Å²) in [5, 5.41) is 7.20. The molecular formula is C20H19N3O4. The Morgan fingerprint density at radius 2 is 2.00 bits per heavy atom. The minimum atomic E-state index is -0.577. The van der Waals surface area contributed by atoms with Gasteiger partial charge >= 0.3 is 5.97 Å². The van der Waals surface area contributed by atoms with Gasteiger partial charge in [-0.1, -0.05) is 18.2 Å². The highest BCUT2D eigenvalue weighted by molar-refractivity contribution is 5.90. The van der Waals surface area contributed by atoms with E-state index in [1.54, 1.807) is 22.9 Å². The van der Waals surface area contributed by atoms with Crippen LogP contribution in [0.5, 0.6) is 0 Å². The lowest BCUT2D eigenvalue weighted by molar-refractivity contribution is -0.124. The summed E-state index contributed by atoms with van der Waals surface area (Å²) in [6, 6.07) is 14.7. The summed E-state index contributed by atoms with van der Waals surface area (Å²) in [4.78, 5) is 24.5. The number of esters is 1. The predicted molar refractivity (Wildman–Crippen MR) is 96.4 cm³/mol. The third-order valence-corrected chi connectivity index (χ3v) is 4.31. The number of benzene rings is 1. The van der Waals surface area contributed by atoms with Crippen LogP contribution in [-0.4, -0.2) is 28.3 Å². The zero-order valence-electron chi connectivity index (χ0n) is 14.6. The molecule has 27 heavy (non-hydrogen) atoms. The molecule has 3 aromatic rings. The fourth-order valence-corrected chi connectivity index (χ4v) is 2.74. The van der Waals surface area contributed by atoms with Crippen LogP contribution in [0.3, 0.4) is 0 Å². The lowest BCUT2D eigenvalue weighted by atomic mass is 10.2. The van der Waals surface area contributed by atoms with Gasteiger partial charge in [-0.25, -0.2) is 9.48 Å². The number of nitrogens with one attached hydrogen (secondary N) is 1. The van der Waals surface area contributed by atoms with Gasteiger partial charge in [0, 0.05) is 5.92 Å². The fourth-order valence-electron chi connectivity index (χ4n) is 2.74. The maximum Gasteiger partial charge on any atom is 0.357 e. The summed E-state index contributed by atoms with van der Waals surface area (Å²) in [5.74, 6) is 0.0587. The van der Waals surface area contributed by atoms with Gasteiger partial charge < -0.3 is 14.5 Å². The maximum atomic E-state index is 12.6. The smallest absolute Gasteiger partial charge is 0.357 e. The molecule has 1 fully saturated rings. The molecule has 0 bridgehead atoms. The standard InChI is InChI=1S/C20H19N3O4/c24-19(21-12-16-7-4-10-26-16)13-27-20(25)18-11-17(14-8-9-14)22-23(18)15-5-2-1-3-6-15/h1-7,10-11,14H,8-9,12-13H2,(H,21,24). The van der Waals surface area contributed by atoms with Crippen molar-refractivity contribution in [2.45, 2.75) is 25.3 Å². The zero-order valence-corrected chi connectivity index (χ0v) is 14.6. The van der Waals surface area contributed by atoms with E-state index in [1.165, 1.54) is 6.26 Å². The molecule has 7 heteroatoms. The quantitative estimate of drug-likeness (QED) is 0.651. The number of amides is 1. The molecule has 4 rings (SSSR count). The van der Waals surface area contributed by atoms with Crippen molar-refractivity contribution in [1.82, 2.24) is 15.1 Å². The van der Waals surface area contributed by atoms with Gasteiger partial charge in [-0.3, -0.25) is 4.79 Å². The molecule has 138 valence electrons. The van der Waals surface area contributed by atoms with E-state index in [4.69, 9.17) is 9.15 Å². The number of nitrogens with zero attached hydrogens (tertiary/aromatic N) is 2. The molecule has 0 saturated heterocycles. The van der Waals surface area contributed by atoms with Crippen molar-refractivity contribution in [3.05, 3.63) is 71.9 Å². The topological polar surface area (TPSA) is 86.4 Å². The predicted octanol–water partition coefficient (Wildman–Crippen LogP) is 2.82. The van der Waals surface area contributed by atoms with E-state index in [1.807, 2.05) is 30.3 Å². The summed E-state index contributed by atoms with van der Waals surface area (Å²) in [6.45, 7) is -0.116. The molecule has 0 spiro atoms. The summed E-state index contributed by atoms with van der Waals surface area (Å²) in [7, 11) is 0. The first-order valence-electron chi connectivity index (χ1n) is 8.82. The number of carbonyl (C=O) groups is 2. The molecule has 2 aromatic heterocycles. The molecule has 1 saturated carbocycles. The molecule has 0 radical (unpaired) electrons. The number of ether oxygens (including phenoxy) is 1. The Labute approximate surface area is 155 Å². The van der Waals surface area contributed by atoms with Gasteiger partial charge in [-0.05, 0) is 43.2 Å². The highest BCUT2D eigenvalue weighted by Crippen LogP contribution is 2.39. The van der Waals surface area contributed by atoms with Gasteiger partial charge in [0.25, 0.3) is 5.91 Å². The van der Waals surface area contributed by atoms with Gasteiger partial charge in [-0.2, -0.15) is 5.10 Å². The second-order valence-electron chi connectivity index (χ2n) is 6.41. The number of furan rings is 1. The average Bonchev–Trinajstić information content (AvgIpc) is 3.23. The summed E-state index contributed by atoms with van der Waals surface area (Å²) < 4.78 is 11.9. The SMILES string of the molecule is O=C(COC(=O)c1cc(C2CC2)nn1-c1ccccc1)NCc1ccco1. The normalized spacial score (nSPS) is 13.3. The van der Waals surface area contributed by atoms with Crippen molar-refractivity contribution >= 4 is 11.9 Å². The van der Waals surface area contributed by atoms with Crippen LogP contribution in [0.15, 0.2) is 59.2 Å². The van der Waals surface area contributed by atoms with Crippen molar-refractivity contribution < 1.29 is 18.7 Å². The van der Waals surface area contributed by atoms with Gasteiger partial charge in [0.1, 0.15) is 5.76 Å². The number of carbonyl (C=O) groups excluding carboxylic acids is 2. The van der Waals surface area contributed by atoms with Gasteiger partial charge in [0.2, 0.25) is 0 Å². The van der Waals surface area contributed by atoms with Crippen molar-refractivity contribution in [3.8, 4) is 5.69 Å². The van der Waals surface area contributed by atoms with E-state index < -0.39 is 11.9 Å². The van der Waals surface area contributed by atoms with Crippen LogP contribution in [0.25, 0.3) is 5.69 Å². The molecule has 0 unspecified atom stereocenters. The van der Waals surface area contributed by atoms with Crippen LogP contribution >= 0.6 is 0 Å². The van der Waals surface area contributed by atoms with Crippen molar-refractivity contribution in [2.24, 2.45) is 0 Å². The summed E-state index contributed by atoms with van der Waals surface area (Å²) >= 11 is 0. The number of rotatable bonds is 7. The number of hydrogen-bond acceptors (Lipinski definition) is 5. The molecular weight excluding hydrogens is 346 g/mol. The Hall–Kier alpha value is -3.35. The van der Waals surface area contributed by atoms with Crippen LogP contribution in [0.2, 0.25) is 0 Å². The third-order valence-electron chi connectivity index (χ3n) is 4.31. The average molecular weight is 365 g/mol. The van der Waals surface area contributed by atoms with Crippen molar-refractivity contribution in [2.75, 3.05) is 6.61 Å². The molecule has 1 N–H and O–H groups in total. The number of para-hydroxylation sites is 1. The second kappa shape index (κ2) is 7.49. The Balaban J connectivity index is 1.42. The minimum absolute atomic E-state index is 0.247. The molecule has 0 aliphatic heterocycles. The van der Waals surface area contributed by atoms with Crippen LogP contribution < -0.4 is 5.32 Å². The first-order chi connectivity index (χ1) is 13.2. The number of hydrogen-bond donors (Lipinski definition) is 1. The van der Waals surface area contributed by atoms with Gasteiger partial charge in [0.05, 0.1) is 24.2 Å². The Kier molecular flexibility index (Phi) is 4.74. The summed E-state index contributed by atoms with van der Waals surface area (Å²) in [5.41, 5.74) is 1.98. The molecule has 7 nitrogen and oxygen atoms in total. The Morgan fingerprint density at radius 3 is 2.70 bits per heavy atom. The molecule has 1 aromatic carbocycles. The van der Waals surface area contributed by atoms with Gasteiger partial charge in [0.15, 0.2) is 12.3 Å². The maximum absolute atomic E-state index is 12.6. The minimum Gasteiger partial charge on any atom is -0.467 e. The molecule has 1 amide bonds. The molecule has 1 aliphatic rings. The molecule has 0 atom stereocenters. The highest BCUT2D eigenvalue weighted by atomic mass is 16.5. The monoisotopic (exact) mass is 365 g/mol. The second-order valence-corrected chi connectivity index (χ2v) is 6.41. The van der Waals surface area contributed by atoms with E-state index in [0.29, 0.717) is 17.4 Å². The van der Waals surface area contributed by atoms with E-state index >= 15 is 0 Å². The fraction of sp³-hybridized carbons (Fsp3) is 0.250. The first kappa shape index (κ1) is 17.1. The Bertz CT molecular complexity index is 928. The highest BCUT2D eigenvalue weighted by Gasteiger charge is 2.29. The van der Waals surface area contributed by atoms with Crippen LogP contribution in [0, 0.1) is 0 Å².